The number of hydrogen-bond donors (Lipinski definition) is 0. The van der Waals surface area contributed by atoms with Gasteiger partial charge in [0.2, 0.25) is 10.0 Å². The van der Waals surface area contributed by atoms with Crippen molar-refractivity contribution in [3.63, 3.8) is 0 Å². The van der Waals surface area contributed by atoms with Gasteiger partial charge in [-0.1, -0.05) is 24.3 Å². The Morgan fingerprint density at radius 2 is 1.50 bits per heavy atom. The zero-order valence-electron chi connectivity index (χ0n) is 20.4. The van der Waals surface area contributed by atoms with Gasteiger partial charge >= 0.3 is 0 Å². The lowest BCUT2D eigenvalue weighted by Gasteiger charge is -2.43. The van der Waals surface area contributed by atoms with Crippen LogP contribution in [-0.2, 0) is 10.0 Å². The van der Waals surface area contributed by atoms with E-state index in [4.69, 9.17) is 0 Å². The summed E-state index contributed by atoms with van der Waals surface area (Å²) in [5.41, 5.74) is 3.85. The molecular formula is C28H31N5O2S. The molecule has 7 nitrogen and oxygen atoms in total. The van der Waals surface area contributed by atoms with E-state index in [1.54, 1.807) is 16.7 Å². The van der Waals surface area contributed by atoms with Crippen LogP contribution in [0.4, 0.5) is 0 Å². The summed E-state index contributed by atoms with van der Waals surface area (Å²) < 4.78 is 26.9. The summed E-state index contributed by atoms with van der Waals surface area (Å²) in [5, 5.41) is 9.61. The summed E-state index contributed by atoms with van der Waals surface area (Å²) in [7, 11) is -3.24. The summed E-state index contributed by atoms with van der Waals surface area (Å²) in [4.78, 5) is 11.3. The lowest BCUT2D eigenvalue weighted by molar-refractivity contribution is 0.107. The molecule has 3 aromatic rings. The maximum Gasteiger partial charge on any atom is 0.211 e. The Hall–Kier alpha value is -3.12. The van der Waals surface area contributed by atoms with Gasteiger partial charge in [0.15, 0.2) is 0 Å². The molecule has 0 N–H and O–H groups in total. The van der Waals surface area contributed by atoms with Crippen molar-refractivity contribution in [2.24, 2.45) is 0 Å². The molecular weight excluding hydrogens is 470 g/mol. The summed E-state index contributed by atoms with van der Waals surface area (Å²) >= 11 is 0. The molecule has 1 aromatic carbocycles. The van der Waals surface area contributed by atoms with Crippen LogP contribution in [0.15, 0.2) is 73.3 Å². The SMILES string of the molecule is CS(=O)(=O)N(C1CC1)C1CCN(C(c2cccc(C#N)c2)C(c2cccnc2)c2cccnc2)CC1. The van der Waals surface area contributed by atoms with Gasteiger partial charge in [-0.25, -0.2) is 8.42 Å². The lowest BCUT2D eigenvalue weighted by atomic mass is 9.81. The van der Waals surface area contributed by atoms with Gasteiger partial charge in [-0.05, 0) is 66.6 Å². The predicted molar refractivity (Wildman–Crippen MR) is 139 cm³/mol. The zero-order chi connectivity index (χ0) is 25.1. The first-order valence-corrected chi connectivity index (χ1v) is 14.3. The van der Waals surface area contributed by atoms with E-state index in [1.807, 2.05) is 42.7 Å². The monoisotopic (exact) mass is 501 g/mol. The third kappa shape index (κ3) is 5.34. The molecule has 0 bridgehead atoms. The highest BCUT2D eigenvalue weighted by molar-refractivity contribution is 7.88. The van der Waals surface area contributed by atoms with E-state index in [0.29, 0.717) is 5.56 Å². The first-order chi connectivity index (χ1) is 17.5. The van der Waals surface area contributed by atoms with Gasteiger partial charge in [0.1, 0.15) is 0 Å². The number of piperidine rings is 1. The van der Waals surface area contributed by atoms with Crippen LogP contribution in [-0.4, -0.2) is 59.0 Å². The molecule has 8 heteroatoms. The zero-order valence-corrected chi connectivity index (χ0v) is 21.3. The molecule has 36 heavy (non-hydrogen) atoms. The molecule has 5 rings (SSSR count). The molecule has 3 heterocycles. The Bertz CT molecular complexity index is 1280. The highest BCUT2D eigenvalue weighted by atomic mass is 32.2. The Labute approximate surface area is 213 Å². The number of rotatable bonds is 8. The van der Waals surface area contributed by atoms with E-state index in [1.165, 1.54) is 6.26 Å². The van der Waals surface area contributed by atoms with Gasteiger partial charge in [-0.2, -0.15) is 9.57 Å². The van der Waals surface area contributed by atoms with Gasteiger partial charge < -0.3 is 0 Å². The lowest BCUT2D eigenvalue weighted by Crippen LogP contribution is -2.49. The third-order valence-corrected chi connectivity index (χ3v) is 8.66. The fourth-order valence-electron chi connectivity index (χ4n) is 5.67. The maximum absolute atomic E-state index is 12.6. The summed E-state index contributed by atoms with van der Waals surface area (Å²) in [6.45, 7) is 1.53. The van der Waals surface area contributed by atoms with Gasteiger partial charge in [-0.15, -0.1) is 0 Å². The fraction of sp³-hybridized carbons (Fsp3) is 0.393. The standard InChI is InChI=1S/C28H31N5O2S/c1-36(34,35)33(25-9-10-25)26-11-15-32(16-12-26)28(22-6-2-5-21(17-22)18-29)27(23-7-3-13-30-19-23)24-8-4-14-31-20-24/h2-8,13-14,17,19-20,25-28H,9-12,15-16H2,1H3. The Balaban J connectivity index is 1.52. The van der Waals surface area contributed by atoms with Crippen molar-refractivity contribution in [1.82, 2.24) is 19.2 Å². The van der Waals surface area contributed by atoms with Crippen LogP contribution in [0.5, 0.6) is 0 Å². The number of pyridine rings is 2. The molecule has 1 aliphatic carbocycles. The quantitative estimate of drug-likeness (QED) is 0.461. The fourth-order valence-corrected chi connectivity index (χ4v) is 7.18. The Morgan fingerprint density at radius 3 is 2.00 bits per heavy atom. The van der Waals surface area contributed by atoms with Crippen molar-refractivity contribution in [3.05, 3.63) is 95.6 Å². The van der Waals surface area contributed by atoms with Crippen LogP contribution < -0.4 is 0 Å². The molecule has 2 aromatic heterocycles. The smallest absolute Gasteiger partial charge is 0.211 e. The first kappa shape index (κ1) is 24.6. The molecule has 0 spiro atoms. The van der Waals surface area contributed by atoms with Crippen molar-refractivity contribution in [2.45, 2.75) is 49.7 Å². The van der Waals surface area contributed by atoms with E-state index in [-0.39, 0.29) is 24.0 Å². The molecule has 1 aliphatic heterocycles. The second-order valence-electron chi connectivity index (χ2n) is 9.82. The molecule has 0 amide bonds. The van der Waals surface area contributed by atoms with Crippen LogP contribution in [0.3, 0.4) is 0 Å². The largest absolute Gasteiger partial charge is 0.295 e. The van der Waals surface area contributed by atoms with Crippen molar-refractivity contribution in [1.29, 1.82) is 5.26 Å². The third-order valence-electron chi connectivity index (χ3n) is 7.30. The Morgan fingerprint density at radius 1 is 0.917 bits per heavy atom. The Kier molecular flexibility index (Phi) is 7.15. The maximum atomic E-state index is 12.6. The molecule has 1 atom stereocenters. The number of benzene rings is 1. The van der Waals surface area contributed by atoms with Crippen LogP contribution in [0, 0.1) is 11.3 Å². The van der Waals surface area contributed by atoms with Crippen LogP contribution in [0.25, 0.3) is 0 Å². The number of hydrogen-bond acceptors (Lipinski definition) is 6. The number of likely N-dealkylation sites (tertiary alicyclic amines) is 1. The minimum atomic E-state index is -3.24. The number of nitriles is 1. The first-order valence-electron chi connectivity index (χ1n) is 12.5. The normalized spacial score (nSPS) is 18.3. The van der Waals surface area contributed by atoms with Crippen LogP contribution in [0.1, 0.15) is 59.9 Å². The van der Waals surface area contributed by atoms with Gasteiger partial charge in [-0.3, -0.25) is 14.9 Å². The average Bonchev–Trinajstić information content (AvgIpc) is 3.73. The van der Waals surface area contributed by atoms with Crippen molar-refractivity contribution >= 4 is 10.0 Å². The van der Waals surface area contributed by atoms with Crippen molar-refractivity contribution in [3.8, 4) is 6.07 Å². The molecule has 1 saturated heterocycles. The number of nitrogens with zero attached hydrogens (tertiary/aromatic N) is 5. The number of sulfonamides is 1. The predicted octanol–water partition coefficient (Wildman–Crippen LogP) is 4.11. The molecule has 0 radical (unpaired) electrons. The highest BCUT2D eigenvalue weighted by Crippen LogP contribution is 2.43. The second kappa shape index (κ2) is 10.5. The minimum Gasteiger partial charge on any atom is -0.295 e. The molecule has 1 saturated carbocycles. The van der Waals surface area contributed by atoms with Crippen LogP contribution in [0.2, 0.25) is 0 Å². The average molecular weight is 502 g/mol. The summed E-state index contributed by atoms with van der Waals surface area (Å²) in [6, 6.07) is 18.4. The second-order valence-corrected chi connectivity index (χ2v) is 11.7. The van der Waals surface area contributed by atoms with Crippen LogP contribution >= 0.6 is 0 Å². The van der Waals surface area contributed by atoms with E-state index in [0.717, 1.165) is 55.5 Å². The summed E-state index contributed by atoms with van der Waals surface area (Å²) in [6.07, 6.45) is 12.2. The molecule has 186 valence electrons. The van der Waals surface area contributed by atoms with E-state index < -0.39 is 10.0 Å². The highest BCUT2D eigenvalue weighted by Gasteiger charge is 2.42. The summed E-state index contributed by atoms with van der Waals surface area (Å²) in [5.74, 6) is -0.0488. The van der Waals surface area contributed by atoms with Crippen molar-refractivity contribution < 1.29 is 8.42 Å². The topological polar surface area (TPSA) is 90.2 Å². The van der Waals surface area contributed by atoms with Crippen molar-refractivity contribution in [2.75, 3.05) is 19.3 Å². The van der Waals surface area contributed by atoms with E-state index in [9.17, 15) is 13.7 Å². The molecule has 1 unspecified atom stereocenters. The van der Waals surface area contributed by atoms with Gasteiger partial charge in [0.25, 0.3) is 0 Å². The van der Waals surface area contributed by atoms with E-state index >= 15 is 0 Å². The minimum absolute atomic E-state index is 0.0325. The molecule has 2 fully saturated rings. The number of aromatic nitrogens is 2. The molecule has 2 aliphatic rings. The van der Waals surface area contributed by atoms with E-state index in [2.05, 4.69) is 39.1 Å². The van der Waals surface area contributed by atoms with Gasteiger partial charge in [0.05, 0.1) is 17.9 Å². The van der Waals surface area contributed by atoms with Gasteiger partial charge in [0, 0.05) is 61.9 Å².